The van der Waals surface area contributed by atoms with Crippen LogP contribution in [0.25, 0.3) is 0 Å². The highest BCUT2D eigenvalue weighted by atomic mass is 35.5. The fourth-order valence-electron chi connectivity index (χ4n) is 2.44. The van der Waals surface area contributed by atoms with Crippen LogP contribution in [0.3, 0.4) is 0 Å². The summed E-state index contributed by atoms with van der Waals surface area (Å²) in [5, 5.41) is 0. The van der Waals surface area contributed by atoms with Crippen LogP contribution in [-0.4, -0.2) is 29.4 Å². The van der Waals surface area contributed by atoms with Crippen molar-refractivity contribution < 1.29 is 4.79 Å². The number of amides is 1. The van der Waals surface area contributed by atoms with E-state index in [2.05, 4.69) is 20.8 Å². The van der Waals surface area contributed by atoms with Gasteiger partial charge in [0.25, 0.3) is 0 Å². The molecule has 4 heteroatoms. The van der Waals surface area contributed by atoms with Gasteiger partial charge in [0, 0.05) is 25.0 Å². The molecule has 1 amide bonds. The lowest BCUT2D eigenvalue weighted by Crippen LogP contribution is -2.51. The van der Waals surface area contributed by atoms with Crippen molar-refractivity contribution in [1.82, 2.24) is 4.90 Å². The molecule has 1 fully saturated rings. The molecule has 0 aromatic carbocycles. The Morgan fingerprint density at radius 2 is 2.00 bits per heavy atom. The van der Waals surface area contributed by atoms with Gasteiger partial charge < -0.3 is 10.6 Å². The summed E-state index contributed by atoms with van der Waals surface area (Å²) in [5.41, 5.74) is 6.21. The summed E-state index contributed by atoms with van der Waals surface area (Å²) in [6.07, 6.45) is 5.01. The fraction of sp³-hybridized carbons (Fsp3) is 0.929. The first-order valence-electron chi connectivity index (χ1n) is 6.86. The molecule has 0 aliphatic carbocycles. The molecule has 2 unspecified atom stereocenters. The van der Waals surface area contributed by atoms with Crippen LogP contribution < -0.4 is 5.73 Å². The summed E-state index contributed by atoms with van der Waals surface area (Å²) < 4.78 is 0. The molecular formula is C14H29ClN2O. The standard InChI is InChI=1S/C14H28N2O.ClH/c1-11(15)12-7-5-6-10-16(12)13(17)8-9-14(2,3)4;/h11-12H,5-10,15H2,1-4H3;1H. The third-order valence-corrected chi connectivity index (χ3v) is 3.57. The van der Waals surface area contributed by atoms with Crippen LogP contribution in [-0.2, 0) is 4.79 Å². The summed E-state index contributed by atoms with van der Waals surface area (Å²) in [5.74, 6) is 0.293. The number of piperidine rings is 1. The average molecular weight is 277 g/mol. The summed E-state index contributed by atoms with van der Waals surface area (Å²) in [6.45, 7) is 9.45. The number of hydrogen-bond acceptors (Lipinski definition) is 2. The van der Waals surface area contributed by atoms with Crippen molar-refractivity contribution in [3.05, 3.63) is 0 Å². The highest BCUT2D eigenvalue weighted by Crippen LogP contribution is 2.24. The Labute approximate surface area is 118 Å². The molecule has 1 heterocycles. The number of nitrogens with two attached hydrogens (primary N) is 1. The molecule has 2 atom stereocenters. The molecule has 1 rings (SSSR count). The number of likely N-dealkylation sites (tertiary alicyclic amines) is 1. The minimum atomic E-state index is 0. The summed E-state index contributed by atoms with van der Waals surface area (Å²) >= 11 is 0. The van der Waals surface area contributed by atoms with E-state index in [1.54, 1.807) is 0 Å². The molecule has 3 nitrogen and oxygen atoms in total. The van der Waals surface area contributed by atoms with Crippen LogP contribution in [0.4, 0.5) is 0 Å². The Hall–Kier alpha value is -0.280. The zero-order valence-electron chi connectivity index (χ0n) is 12.2. The van der Waals surface area contributed by atoms with Crippen molar-refractivity contribution in [2.45, 2.75) is 71.9 Å². The molecule has 0 aromatic heterocycles. The molecule has 108 valence electrons. The summed E-state index contributed by atoms with van der Waals surface area (Å²) in [6, 6.07) is 0.352. The Morgan fingerprint density at radius 3 is 2.50 bits per heavy atom. The molecule has 0 bridgehead atoms. The van der Waals surface area contributed by atoms with Gasteiger partial charge in [0.1, 0.15) is 0 Å². The molecule has 2 N–H and O–H groups in total. The van der Waals surface area contributed by atoms with Crippen molar-refractivity contribution in [1.29, 1.82) is 0 Å². The third-order valence-electron chi connectivity index (χ3n) is 3.57. The first-order chi connectivity index (χ1) is 7.81. The van der Waals surface area contributed by atoms with Crippen molar-refractivity contribution >= 4 is 18.3 Å². The second-order valence-electron chi connectivity index (χ2n) is 6.57. The van der Waals surface area contributed by atoms with Crippen molar-refractivity contribution in [3.8, 4) is 0 Å². The van der Waals surface area contributed by atoms with Crippen LogP contribution in [0.15, 0.2) is 0 Å². The van der Waals surface area contributed by atoms with Gasteiger partial charge in [-0.25, -0.2) is 0 Å². The number of halogens is 1. The normalized spacial score (nSPS) is 22.3. The lowest BCUT2D eigenvalue weighted by atomic mass is 9.89. The number of nitrogens with zero attached hydrogens (tertiary/aromatic N) is 1. The minimum absolute atomic E-state index is 0. The molecule has 0 aromatic rings. The molecule has 1 aliphatic heterocycles. The Morgan fingerprint density at radius 1 is 1.39 bits per heavy atom. The maximum absolute atomic E-state index is 12.2. The Balaban J connectivity index is 0.00000289. The monoisotopic (exact) mass is 276 g/mol. The van der Waals surface area contributed by atoms with Gasteiger partial charge in [0.2, 0.25) is 5.91 Å². The van der Waals surface area contributed by atoms with E-state index in [-0.39, 0.29) is 29.9 Å². The number of rotatable bonds is 3. The van der Waals surface area contributed by atoms with Crippen LogP contribution in [0, 0.1) is 5.41 Å². The fourth-order valence-corrected chi connectivity index (χ4v) is 2.44. The molecule has 0 saturated carbocycles. The topological polar surface area (TPSA) is 46.3 Å². The van der Waals surface area contributed by atoms with Gasteiger partial charge in [-0.05, 0) is 38.0 Å². The van der Waals surface area contributed by atoms with Crippen molar-refractivity contribution in [3.63, 3.8) is 0 Å². The van der Waals surface area contributed by atoms with Crippen LogP contribution in [0.1, 0.15) is 59.8 Å². The zero-order valence-corrected chi connectivity index (χ0v) is 13.1. The SMILES string of the molecule is CC(N)C1CCCCN1C(=O)CCC(C)(C)C.Cl. The Kier molecular flexibility index (Phi) is 7.23. The van der Waals surface area contributed by atoms with Gasteiger partial charge in [0.05, 0.1) is 0 Å². The predicted molar refractivity (Wildman–Crippen MR) is 78.9 cm³/mol. The molecular weight excluding hydrogens is 248 g/mol. The lowest BCUT2D eigenvalue weighted by Gasteiger charge is -2.38. The first-order valence-corrected chi connectivity index (χ1v) is 6.86. The molecule has 1 saturated heterocycles. The zero-order chi connectivity index (χ0) is 13.1. The van der Waals surface area contributed by atoms with E-state index in [4.69, 9.17) is 5.73 Å². The van der Waals surface area contributed by atoms with Gasteiger partial charge in [-0.15, -0.1) is 12.4 Å². The predicted octanol–water partition coefficient (Wildman–Crippen LogP) is 2.96. The van der Waals surface area contributed by atoms with Gasteiger partial charge in [-0.3, -0.25) is 4.79 Å². The first kappa shape index (κ1) is 17.7. The van der Waals surface area contributed by atoms with E-state index in [0.717, 1.165) is 25.8 Å². The second-order valence-corrected chi connectivity index (χ2v) is 6.57. The number of carbonyl (C=O) groups excluding carboxylic acids is 1. The molecule has 0 radical (unpaired) electrons. The number of carbonyl (C=O) groups is 1. The van der Waals surface area contributed by atoms with Crippen LogP contribution in [0.5, 0.6) is 0 Å². The highest BCUT2D eigenvalue weighted by Gasteiger charge is 2.29. The molecule has 0 spiro atoms. The third kappa shape index (κ3) is 5.57. The van der Waals surface area contributed by atoms with E-state index < -0.39 is 0 Å². The van der Waals surface area contributed by atoms with Crippen molar-refractivity contribution in [2.24, 2.45) is 11.1 Å². The highest BCUT2D eigenvalue weighted by molar-refractivity contribution is 5.85. The Bertz CT molecular complexity index is 261. The van der Waals surface area contributed by atoms with Gasteiger partial charge in [0.15, 0.2) is 0 Å². The van der Waals surface area contributed by atoms with Gasteiger partial charge >= 0.3 is 0 Å². The second kappa shape index (κ2) is 7.34. The summed E-state index contributed by atoms with van der Waals surface area (Å²) in [7, 11) is 0. The smallest absolute Gasteiger partial charge is 0.222 e. The largest absolute Gasteiger partial charge is 0.338 e. The molecule has 18 heavy (non-hydrogen) atoms. The van der Waals surface area contributed by atoms with Crippen LogP contribution in [0.2, 0.25) is 0 Å². The average Bonchev–Trinajstić information content (AvgIpc) is 2.25. The number of hydrogen-bond donors (Lipinski definition) is 1. The minimum Gasteiger partial charge on any atom is -0.338 e. The van der Waals surface area contributed by atoms with Gasteiger partial charge in [-0.2, -0.15) is 0 Å². The molecule has 1 aliphatic rings. The lowest BCUT2D eigenvalue weighted by molar-refractivity contribution is -0.135. The van der Waals surface area contributed by atoms with E-state index in [1.165, 1.54) is 6.42 Å². The summed E-state index contributed by atoms with van der Waals surface area (Å²) in [4.78, 5) is 14.3. The quantitative estimate of drug-likeness (QED) is 0.861. The van der Waals surface area contributed by atoms with E-state index in [9.17, 15) is 4.79 Å². The van der Waals surface area contributed by atoms with Crippen LogP contribution >= 0.6 is 12.4 Å². The van der Waals surface area contributed by atoms with Crippen molar-refractivity contribution in [2.75, 3.05) is 6.54 Å². The maximum atomic E-state index is 12.2. The van der Waals surface area contributed by atoms with E-state index >= 15 is 0 Å². The van der Waals surface area contributed by atoms with E-state index in [1.807, 2.05) is 11.8 Å². The van der Waals surface area contributed by atoms with E-state index in [0.29, 0.717) is 12.3 Å². The van der Waals surface area contributed by atoms with Gasteiger partial charge in [-0.1, -0.05) is 20.8 Å². The maximum Gasteiger partial charge on any atom is 0.222 e.